The number of carbonyl (C=O) groups excluding carboxylic acids is 2. The van der Waals surface area contributed by atoms with Crippen LogP contribution in [-0.2, 0) is 9.53 Å². The summed E-state index contributed by atoms with van der Waals surface area (Å²) in [5, 5.41) is 5.03. The van der Waals surface area contributed by atoms with E-state index in [0.717, 1.165) is 0 Å². The van der Waals surface area contributed by atoms with Gasteiger partial charge in [0.15, 0.2) is 0 Å². The van der Waals surface area contributed by atoms with Gasteiger partial charge in [0.2, 0.25) is 5.91 Å². The largest absolute Gasteiger partial charge is 0.383 e. The van der Waals surface area contributed by atoms with Crippen LogP contribution < -0.4 is 10.6 Å². The van der Waals surface area contributed by atoms with Gasteiger partial charge in [0.05, 0.1) is 6.61 Å². The van der Waals surface area contributed by atoms with Crippen LogP contribution in [0.2, 0.25) is 0 Å². The average Bonchev–Trinajstić information content (AvgIpc) is 2.16. The second-order valence-corrected chi connectivity index (χ2v) is 2.75. The van der Waals surface area contributed by atoms with E-state index in [1.807, 2.05) is 0 Å². The summed E-state index contributed by atoms with van der Waals surface area (Å²) in [6.45, 7) is 0.968. The fourth-order valence-corrected chi connectivity index (χ4v) is 0.826. The number of nitrogens with zero attached hydrogens (tertiary/aromatic N) is 1. The Morgan fingerprint density at radius 3 is 2.57 bits per heavy atom. The lowest BCUT2D eigenvalue weighted by Crippen LogP contribution is -2.42. The fourth-order valence-electron chi connectivity index (χ4n) is 0.826. The van der Waals surface area contributed by atoms with Crippen molar-refractivity contribution in [3.63, 3.8) is 0 Å². The number of methoxy groups -OCH3 is 1. The average molecular weight is 203 g/mol. The number of nitrogens with one attached hydrogen (secondary N) is 2. The normalized spacial score (nSPS) is 9.36. The Hall–Kier alpha value is -1.30. The van der Waals surface area contributed by atoms with Crippen molar-refractivity contribution >= 4 is 11.9 Å². The molecule has 6 nitrogen and oxygen atoms in total. The van der Waals surface area contributed by atoms with Crippen molar-refractivity contribution in [1.29, 1.82) is 0 Å². The lowest BCUT2D eigenvalue weighted by molar-refractivity contribution is -0.121. The molecule has 0 rings (SSSR count). The molecule has 0 fully saturated rings. The molecule has 0 heterocycles. The lowest BCUT2D eigenvalue weighted by atomic mass is 10.5. The molecule has 82 valence electrons. The molecule has 0 aliphatic rings. The maximum Gasteiger partial charge on any atom is 0.317 e. The van der Waals surface area contributed by atoms with Crippen molar-refractivity contribution in [3.05, 3.63) is 0 Å². The summed E-state index contributed by atoms with van der Waals surface area (Å²) in [7, 11) is 4.62. The minimum absolute atomic E-state index is 0.0450. The van der Waals surface area contributed by atoms with E-state index in [4.69, 9.17) is 4.74 Å². The van der Waals surface area contributed by atoms with Gasteiger partial charge in [0, 0.05) is 27.7 Å². The molecule has 3 amide bonds. The van der Waals surface area contributed by atoms with E-state index in [-0.39, 0.29) is 18.5 Å². The highest BCUT2D eigenvalue weighted by Crippen LogP contribution is 1.82. The molecule has 0 spiro atoms. The minimum Gasteiger partial charge on any atom is -0.383 e. The zero-order valence-corrected chi connectivity index (χ0v) is 8.79. The standard InChI is InChI=1S/C8H17N3O3/c1-9-8(13)11(2)6-7(12)10-4-5-14-3/h4-6H2,1-3H3,(H,9,13)(H,10,12). The van der Waals surface area contributed by atoms with Crippen LogP contribution in [0.15, 0.2) is 0 Å². The molecule has 0 aliphatic heterocycles. The smallest absolute Gasteiger partial charge is 0.317 e. The van der Waals surface area contributed by atoms with Gasteiger partial charge in [-0.25, -0.2) is 4.79 Å². The van der Waals surface area contributed by atoms with Gasteiger partial charge in [-0.15, -0.1) is 0 Å². The van der Waals surface area contributed by atoms with Crippen molar-refractivity contribution in [2.75, 3.05) is 40.9 Å². The van der Waals surface area contributed by atoms with Gasteiger partial charge in [-0.2, -0.15) is 0 Å². The molecule has 0 aromatic rings. The summed E-state index contributed by atoms with van der Waals surface area (Å²) >= 11 is 0. The summed E-state index contributed by atoms with van der Waals surface area (Å²) in [4.78, 5) is 23.4. The SMILES string of the molecule is CNC(=O)N(C)CC(=O)NCCOC. The van der Waals surface area contributed by atoms with Crippen molar-refractivity contribution < 1.29 is 14.3 Å². The molecule has 14 heavy (non-hydrogen) atoms. The van der Waals surface area contributed by atoms with Crippen molar-refractivity contribution in [1.82, 2.24) is 15.5 Å². The maximum atomic E-state index is 11.2. The van der Waals surface area contributed by atoms with Gasteiger partial charge in [-0.3, -0.25) is 4.79 Å². The molecule has 0 aliphatic carbocycles. The molecule has 0 radical (unpaired) electrons. The summed E-state index contributed by atoms with van der Waals surface area (Å²) in [5.74, 6) is -0.201. The van der Waals surface area contributed by atoms with Crippen molar-refractivity contribution in [3.8, 4) is 0 Å². The Morgan fingerprint density at radius 1 is 1.43 bits per heavy atom. The molecule has 6 heteroatoms. The highest BCUT2D eigenvalue weighted by Gasteiger charge is 2.09. The zero-order valence-electron chi connectivity index (χ0n) is 8.79. The summed E-state index contributed by atoms with van der Waals surface area (Å²) in [6, 6.07) is -0.285. The summed E-state index contributed by atoms with van der Waals surface area (Å²) in [6.07, 6.45) is 0. The molecule has 0 unspecified atom stereocenters. The number of likely N-dealkylation sites (N-methyl/N-ethyl adjacent to an activating group) is 1. The van der Waals surface area contributed by atoms with E-state index >= 15 is 0 Å². The second-order valence-electron chi connectivity index (χ2n) is 2.75. The van der Waals surface area contributed by atoms with Crippen LogP contribution in [0.25, 0.3) is 0 Å². The van der Waals surface area contributed by atoms with Crippen LogP contribution in [0.3, 0.4) is 0 Å². The topological polar surface area (TPSA) is 70.7 Å². The Morgan fingerprint density at radius 2 is 2.07 bits per heavy atom. The molecular weight excluding hydrogens is 186 g/mol. The Balaban J connectivity index is 3.65. The van der Waals surface area contributed by atoms with E-state index < -0.39 is 0 Å². The van der Waals surface area contributed by atoms with Gasteiger partial charge < -0.3 is 20.3 Å². The molecule has 0 aromatic carbocycles. The predicted molar refractivity (Wildman–Crippen MR) is 52.0 cm³/mol. The van der Waals surface area contributed by atoms with E-state index in [1.54, 1.807) is 14.2 Å². The highest BCUT2D eigenvalue weighted by molar-refractivity contribution is 5.83. The van der Waals surface area contributed by atoms with Gasteiger partial charge in [0.1, 0.15) is 6.54 Å². The first-order valence-electron chi connectivity index (χ1n) is 4.30. The van der Waals surface area contributed by atoms with Crippen LogP contribution in [0, 0.1) is 0 Å². The second kappa shape index (κ2) is 7.14. The number of hydrogen-bond donors (Lipinski definition) is 2. The quantitative estimate of drug-likeness (QED) is 0.564. The highest BCUT2D eigenvalue weighted by atomic mass is 16.5. The first-order chi connectivity index (χ1) is 6.61. The van der Waals surface area contributed by atoms with Gasteiger partial charge in [0.25, 0.3) is 0 Å². The third-order valence-corrected chi connectivity index (χ3v) is 1.57. The monoisotopic (exact) mass is 203 g/mol. The molecule has 0 atom stereocenters. The summed E-state index contributed by atoms with van der Waals surface area (Å²) in [5.41, 5.74) is 0. The molecule has 0 saturated carbocycles. The first-order valence-corrected chi connectivity index (χ1v) is 4.30. The van der Waals surface area contributed by atoms with Crippen LogP contribution in [0.4, 0.5) is 4.79 Å². The summed E-state index contributed by atoms with van der Waals surface area (Å²) < 4.78 is 4.76. The van der Waals surface area contributed by atoms with Crippen molar-refractivity contribution in [2.45, 2.75) is 0 Å². The van der Waals surface area contributed by atoms with E-state index in [9.17, 15) is 9.59 Å². The number of rotatable bonds is 5. The van der Waals surface area contributed by atoms with Gasteiger partial charge in [-0.1, -0.05) is 0 Å². The van der Waals surface area contributed by atoms with Crippen LogP contribution in [0.1, 0.15) is 0 Å². The minimum atomic E-state index is -0.285. The number of hydrogen-bond acceptors (Lipinski definition) is 3. The van der Waals surface area contributed by atoms with E-state index in [1.165, 1.54) is 11.9 Å². The molecule has 0 bridgehead atoms. The Kier molecular flexibility index (Phi) is 6.47. The molecular formula is C8H17N3O3. The van der Waals surface area contributed by atoms with Gasteiger partial charge >= 0.3 is 6.03 Å². The Bertz CT molecular complexity index is 196. The number of carbonyl (C=O) groups is 2. The predicted octanol–water partition coefficient (Wildman–Crippen LogP) is -0.980. The molecule has 0 aromatic heterocycles. The van der Waals surface area contributed by atoms with Gasteiger partial charge in [-0.05, 0) is 0 Å². The number of urea groups is 1. The zero-order chi connectivity index (χ0) is 11.0. The third kappa shape index (κ3) is 5.36. The van der Waals surface area contributed by atoms with Crippen LogP contribution in [-0.4, -0.2) is 57.7 Å². The van der Waals surface area contributed by atoms with E-state index in [0.29, 0.717) is 13.2 Å². The third-order valence-electron chi connectivity index (χ3n) is 1.57. The number of ether oxygens (including phenoxy) is 1. The van der Waals surface area contributed by atoms with Crippen LogP contribution in [0.5, 0.6) is 0 Å². The Labute approximate surface area is 83.6 Å². The van der Waals surface area contributed by atoms with E-state index in [2.05, 4.69) is 10.6 Å². The van der Waals surface area contributed by atoms with Crippen LogP contribution >= 0.6 is 0 Å². The van der Waals surface area contributed by atoms with Crippen molar-refractivity contribution in [2.24, 2.45) is 0 Å². The maximum absolute atomic E-state index is 11.2. The fraction of sp³-hybridized carbons (Fsp3) is 0.750. The molecule has 0 saturated heterocycles. The number of amides is 3. The lowest BCUT2D eigenvalue weighted by Gasteiger charge is -2.15. The molecule has 2 N–H and O–H groups in total. The first kappa shape index (κ1) is 12.7.